The molecule has 1 heterocycles. The average molecular weight is 280 g/mol. The Kier molecular flexibility index (Phi) is 5.48. The maximum atomic E-state index is 12.7. The Balaban J connectivity index is 2.00. The van der Waals surface area contributed by atoms with Gasteiger partial charge in [-0.3, -0.25) is 10.1 Å². The molecule has 1 aliphatic carbocycles. The monoisotopic (exact) mass is 280 g/mol. The van der Waals surface area contributed by atoms with E-state index in [0.29, 0.717) is 17.9 Å². The van der Waals surface area contributed by atoms with Crippen LogP contribution in [0.2, 0.25) is 0 Å². The number of rotatable bonds is 8. The molecule has 0 aromatic carbocycles. The zero-order valence-electron chi connectivity index (χ0n) is 13.7. The highest BCUT2D eigenvalue weighted by Gasteiger charge is 2.41. The lowest BCUT2D eigenvalue weighted by atomic mass is 10.1. The van der Waals surface area contributed by atoms with Gasteiger partial charge in [-0.1, -0.05) is 46.5 Å². The van der Waals surface area contributed by atoms with Crippen molar-refractivity contribution < 1.29 is 4.79 Å². The zero-order chi connectivity index (χ0) is 14.7. The van der Waals surface area contributed by atoms with Crippen molar-refractivity contribution in [2.75, 3.05) is 0 Å². The van der Waals surface area contributed by atoms with Crippen molar-refractivity contribution in [1.29, 1.82) is 0 Å². The van der Waals surface area contributed by atoms with Gasteiger partial charge < -0.3 is 4.90 Å². The van der Waals surface area contributed by atoms with Crippen LogP contribution in [-0.4, -0.2) is 29.1 Å². The van der Waals surface area contributed by atoms with Crippen LogP contribution < -0.4 is 5.32 Å². The molecule has 1 saturated heterocycles. The van der Waals surface area contributed by atoms with Gasteiger partial charge in [0.15, 0.2) is 0 Å². The number of carbonyl (C=O) groups is 1. The summed E-state index contributed by atoms with van der Waals surface area (Å²) in [6.07, 6.45) is 8.57. The predicted molar refractivity (Wildman–Crippen MR) is 83.3 cm³/mol. The van der Waals surface area contributed by atoms with E-state index in [2.05, 4.69) is 37.9 Å². The van der Waals surface area contributed by atoms with Crippen LogP contribution in [0.4, 0.5) is 0 Å². The van der Waals surface area contributed by atoms with Gasteiger partial charge in [-0.05, 0) is 38.0 Å². The van der Waals surface area contributed by atoms with Crippen LogP contribution in [-0.2, 0) is 4.79 Å². The first-order valence-electron chi connectivity index (χ1n) is 8.61. The standard InChI is InChI=1S/C17H32N2O/c1-5-6-7-15-17(20)19(13(4)11-14-8-9-14)16(18-15)10-12(2)3/h12-16,18H,5-11H2,1-4H3. The van der Waals surface area contributed by atoms with E-state index in [9.17, 15) is 4.79 Å². The Morgan fingerprint density at radius 3 is 2.50 bits per heavy atom. The highest BCUT2D eigenvalue weighted by Crippen LogP contribution is 2.36. The SMILES string of the molecule is CCCCC1NC(CC(C)C)N(C(C)CC2CC2)C1=O. The Morgan fingerprint density at radius 2 is 1.95 bits per heavy atom. The van der Waals surface area contributed by atoms with Gasteiger partial charge in [0.2, 0.25) is 5.91 Å². The number of amides is 1. The molecule has 2 fully saturated rings. The van der Waals surface area contributed by atoms with Gasteiger partial charge in [-0.2, -0.15) is 0 Å². The third-order valence-corrected chi connectivity index (χ3v) is 4.67. The molecule has 0 aromatic heterocycles. The van der Waals surface area contributed by atoms with Crippen molar-refractivity contribution in [3.8, 4) is 0 Å². The fraction of sp³-hybridized carbons (Fsp3) is 0.941. The minimum Gasteiger partial charge on any atom is -0.323 e. The Labute approximate surface area is 124 Å². The molecule has 0 radical (unpaired) electrons. The fourth-order valence-corrected chi connectivity index (χ4v) is 3.43. The summed E-state index contributed by atoms with van der Waals surface area (Å²) in [5.41, 5.74) is 0. The van der Waals surface area contributed by atoms with Crippen LogP contribution in [0.5, 0.6) is 0 Å². The third kappa shape index (κ3) is 3.97. The number of hydrogen-bond donors (Lipinski definition) is 1. The molecule has 1 N–H and O–H groups in total. The maximum Gasteiger partial charge on any atom is 0.241 e. The molecule has 20 heavy (non-hydrogen) atoms. The van der Waals surface area contributed by atoms with Gasteiger partial charge in [0, 0.05) is 6.04 Å². The lowest BCUT2D eigenvalue weighted by molar-refractivity contribution is -0.132. The Hall–Kier alpha value is -0.570. The van der Waals surface area contributed by atoms with E-state index in [1.165, 1.54) is 19.3 Å². The van der Waals surface area contributed by atoms with Crippen molar-refractivity contribution in [3.63, 3.8) is 0 Å². The Bertz CT molecular complexity index is 325. The number of hydrogen-bond acceptors (Lipinski definition) is 2. The number of nitrogens with one attached hydrogen (secondary N) is 1. The van der Waals surface area contributed by atoms with Crippen LogP contribution in [0.3, 0.4) is 0 Å². The van der Waals surface area contributed by atoms with Crippen molar-refractivity contribution in [3.05, 3.63) is 0 Å². The van der Waals surface area contributed by atoms with Gasteiger partial charge in [0.25, 0.3) is 0 Å². The van der Waals surface area contributed by atoms with Crippen LogP contribution in [0.15, 0.2) is 0 Å². The summed E-state index contributed by atoms with van der Waals surface area (Å²) in [7, 11) is 0. The molecule has 1 saturated carbocycles. The van der Waals surface area contributed by atoms with E-state index in [0.717, 1.165) is 31.6 Å². The quantitative estimate of drug-likeness (QED) is 0.737. The number of carbonyl (C=O) groups excluding carboxylic acids is 1. The molecule has 3 unspecified atom stereocenters. The first-order valence-corrected chi connectivity index (χ1v) is 8.61. The largest absolute Gasteiger partial charge is 0.323 e. The fourth-order valence-electron chi connectivity index (χ4n) is 3.43. The summed E-state index contributed by atoms with van der Waals surface area (Å²) in [4.78, 5) is 14.9. The van der Waals surface area contributed by atoms with Crippen molar-refractivity contribution in [2.24, 2.45) is 11.8 Å². The summed E-state index contributed by atoms with van der Waals surface area (Å²) >= 11 is 0. The summed E-state index contributed by atoms with van der Waals surface area (Å²) in [6.45, 7) is 8.93. The van der Waals surface area contributed by atoms with E-state index in [1.54, 1.807) is 0 Å². The molecule has 2 aliphatic rings. The van der Waals surface area contributed by atoms with Gasteiger partial charge in [-0.15, -0.1) is 0 Å². The van der Waals surface area contributed by atoms with E-state index in [4.69, 9.17) is 0 Å². The van der Waals surface area contributed by atoms with E-state index < -0.39 is 0 Å². The molecule has 0 spiro atoms. The maximum absolute atomic E-state index is 12.7. The highest BCUT2D eigenvalue weighted by atomic mass is 16.2. The summed E-state index contributed by atoms with van der Waals surface area (Å²) < 4.78 is 0. The summed E-state index contributed by atoms with van der Waals surface area (Å²) in [5.74, 6) is 1.87. The molecule has 0 bridgehead atoms. The van der Waals surface area contributed by atoms with E-state index in [1.807, 2.05) is 0 Å². The van der Waals surface area contributed by atoms with Gasteiger partial charge in [0.1, 0.15) is 0 Å². The smallest absolute Gasteiger partial charge is 0.241 e. The van der Waals surface area contributed by atoms with Crippen molar-refractivity contribution >= 4 is 5.91 Å². The van der Waals surface area contributed by atoms with Crippen LogP contribution in [0.1, 0.15) is 72.6 Å². The summed E-state index contributed by atoms with van der Waals surface area (Å²) in [6, 6.07) is 0.471. The predicted octanol–water partition coefficient (Wildman–Crippen LogP) is 3.54. The zero-order valence-corrected chi connectivity index (χ0v) is 13.7. The molecular formula is C17H32N2O. The van der Waals surface area contributed by atoms with E-state index >= 15 is 0 Å². The lowest BCUT2D eigenvalue weighted by Gasteiger charge is -2.31. The van der Waals surface area contributed by atoms with Gasteiger partial charge in [-0.25, -0.2) is 0 Å². The molecule has 116 valence electrons. The topological polar surface area (TPSA) is 32.3 Å². The summed E-state index contributed by atoms with van der Waals surface area (Å²) in [5, 5.41) is 3.61. The van der Waals surface area contributed by atoms with Crippen molar-refractivity contribution in [1.82, 2.24) is 10.2 Å². The third-order valence-electron chi connectivity index (χ3n) is 4.67. The number of unbranched alkanes of at least 4 members (excludes halogenated alkanes) is 1. The minimum absolute atomic E-state index is 0.0698. The average Bonchev–Trinajstić information content (AvgIpc) is 3.11. The molecule has 2 rings (SSSR count). The van der Waals surface area contributed by atoms with Gasteiger partial charge in [0.05, 0.1) is 12.2 Å². The van der Waals surface area contributed by atoms with Crippen LogP contribution in [0.25, 0.3) is 0 Å². The van der Waals surface area contributed by atoms with Gasteiger partial charge >= 0.3 is 0 Å². The number of nitrogens with zero attached hydrogens (tertiary/aromatic N) is 1. The molecule has 3 atom stereocenters. The van der Waals surface area contributed by atoms with E-state index in [-0.39, 0.29) is 12.2 Å². The van der Waals surface area contributed by atoms with Crippen molar-refractivity contribution in [2.45, 2.75) is 90.9 Å². The molecule has 3 nitrogen and oxygen atoms in total. The molecule has 3 heteroatoms. The molecule has 0 aromatic rings. The minimum atomic E-state index is 0.0698. The second kappa shape index (κ2) is 6.93. The second-order valence-corrected chi connectivity index (χ2v) is 7.28. The van der Waals surface area contributed by atoms with Crippen LogP contribution >= 0.6 is 0 Å². The molecule has 1 aliphatic heterocycles. The highest BCUT2D eigenvalue weighted by molar-refractivity contribution is 5.84. The first-order chi connectivity index (χ1) is 9.52. The normalized spacial score (nSPS) is 28.4. The van der Waals surface area contributed by atoms with Crippen LogP contribution in [0, 0.1) is 11.8 Å². The Morgan fingerprint density at radius 1 is 1.25 bits per heavy atom. The first kappa shape index (κ1) is 15.8. The molecule has 1 amide bonds. The lowest BCUT2D eigenvalue weighted by Crippen LogP contribution is -2.44. The second-order valence-electron chi connectivity index (χ2n) is 7.28. The molecular weight excluding hydrogens is 248 g/mol.